The Kier molecular flexibility index (Phi) is 3.02. The minimum absolute atomic E-state index is 0.143. The van der Waals surface area contributed by atoms with Crippen LogP contribution in [0.3, 0.4) is 0 Å². The lowest BCUT2D eigenvalue weighted by Crippen LogP contribution is -2.24. The van der Waals surface area contributed by atoms with Crippen molar-refractivity contribution in [2.75, 3.05) is 6.61 Å². The van der Waals surface area contributed by atoms with Gasteiger partial charge in [-0.15, -0.1) is 0 Å². The molecule has 4 atom stereocenters. The van der Waals surface area contributed by atoms with Gasteiger partial charge in [-0.05, 0) is 38.0 Å². The molecule has 0 unspecified atom stereocenters. The van der Waals surface area contributed by atoms with Gasteiger partial charge in [-0.2, -0.15) is 0 Å². The van der Waals surface area contributed by atoms with Crippen LogP contribution in [0.1, 0.15) is 26.2 Å². The molecular weight excluding hydrogens is 176 g/mol. The topological polar surface area (TPSA) is 26.3 Å². The second kappa shape index (κ2) is 4.26. The normalized spacial score (nSPS) is 40.9. The molecule has 1 fully saturated rings. The summed E-state index contributed by atoms with van der Waals surface area (Å²) in [7, 11) is 0. The van der Waals surface area contributed by atoms with Gasteiger partial charge >= 0.3 is 0 Å². The molecule has 2 aliphatic carbocycles. The van der Waals surface area contributed by atoms with Crippen molar-refractivity contribution in [3.63, 3.8) is 0 Å². The predicted molar refractivity (Wildman–Crippen MR) is 54.9 cm³/mol. The van der Waals surface area contributed by atoms with Crippen molar-refractivity contribution in [3.05, 3.63) is 12.2 Å². The predicted octanol–water partition coefficient (Wildman–Crippen LogP) is 2.19. The van der Waals surface area contributed by atoms with E-state index in [4.69, 9.17) is 4.74 Å². The molecule has 2 rings (SSSR count). The van der Waals surface area contributed by atoms with E-state index in [2.05, 4.69) is 12.2 Å². The van der Waals surface area contributed by atoms with E-state index in [0.717, 1.165) is 32.2 Å². The third kappa shape index (κ3) is 1.63. The second-order valence-electron chi connectivity index (χ2n) is 4.31. The van der Waals surface area contributed by atoms with Gasteiger partial charge < -0.3 is 9.53 Å². The molecule has 0 amide bonds. The molecule has 78 valence electrons. The van der Waals surface area contributed by atoms with Crippen LogP contribution in [0.2, 0.25) is 0 Å². The molecular formula is C12H18O2. The van der Waals surface area contributed by atoms with E-state index < -0.39 is 0 Å². The van der Waals surface area contributed by atoms with Crippen molar-refractivity contribution in [2.24, 2.45) is 17.8 Å². The van der Waals surface area contributed by atoms with Gasteiger partial charge in [0.25, 0.3) is 0 Å². The molecule has 0 saturated heterocycles. The Bertz CT molecular complexity index is 234. The van der Waals surface area contributed by atoms with Crippen LogP contribution in [0, 0.1) is 17.8 Å². The average molecular weight is 194 g/mol. The molecule has 2 heteroatoms. The van der Waals surface area contributed by atoms with Crippen LogP contribution >= 0.6 is 0 Å². The lowest BCUT2D eigenvalue weighted by molar-refractivity contribution is -0.116. The molecule has 0 bridgehead atoms. The van der Waals surface area contributed by atoms with E-state index in [1.165, 1.54) is 0 Å². The third-order valence-electron chi connectivity index (χ3n) is 3.62. The molecule has 0 radical (unpaired) electrons. The van der Waals surface area contributed by atoms with Crippen molar-refractivity contribution < 1.29 is 9.53 Å². The van der Waals surface area contributed by atoms with Crippen molar-refractivity contribution >= 4 is 6.29 Å². The lowest BCUT2D eigenvalue weighted by atomic mass is 9.82. The summed E-state index contributed by atoms with van der Waals surface area (Å²) in [6.45, 7) is 2.73. The van der Waals surface area contributed by atoms with Crippen molar-refractivity contribution in [2.45, 2.75) is 32.3 Å². The molecule has 1 saturated carbocycles. The van der Waals surface area contributed by atoms with Crippen LogP contribution in [0.5, 0.6) is 0 Å². The zero-order valence-electron chi connectivity index (χ0n) is 8.69. The maximum absolute atomic E-state index is 11.0. The van der Waals surface area contributed by atoms with Gasteiger partial charge in [0.05, 0.1) is 6.10 Å². The van der Waals surface area contributed by atoms with Gasteiger partial charge in [-0.25, -0.2) is 0 Å². The Morgan fingerprint density at radius 3 is 2.93 bits per heavy atom. The number of allylic oxidation sites excluding steroid dienone is 2. The molecule has 0 aromatic rings. The summed E-state index contributed by atoms with van der Waals surface area (Å²) >= 11 is 0. The van der Waals surface area contributed by atoms with Gasteiger partial charge in [-0.1, -0.05) is 12.2 Å². The molecule has 0 aromatic heterocycles. The number of aldehydes is 1. The molecule has 0 aliphatic heterocycles. The van der Waals surface area contributed by atoms with Gasteiger partial charge in [0, 0.05) is 12.5 Å². The molecule has 0 aromatic carbocycles. The minimum atomic E-state index is 0.143. The summed E-state index contributed by atoms with van der Waals surface area (Å²) < 4.78 is 5.64. The quantitative estimate of drug-likeness (QED) is 0.508. The molecule has 0 spiro atoms. The van der Waals surface area contributed by atoms with E-state index in [0.29, 0.717) is 11.8 Å². The fraction of sp³-hybridized carbons (Fsp3) is 0.750. The average Bonchev–Trinajstić information content (AvgIpc) is 2.55. The molecule has 0 heterocycles. The molecule has 0 N–H and O–H groups in total. The summed E-state index contributed by atoms with van der Waals surface area (Å²) in [5, 5.41) is 0. The number of hydrogen-bond donors (Lipinski definition) is 0. The minimum Gasteiger partial charge on any atom is -0.378 e. The van der Waals surface area contributed by atoms with Crippen LogP contribution < -0.4 is 0 Å². The summed E-state index contributed by atoms with van der Waals surface area (Å²) in [5.41, 5.74) is 0. The van der Waals surface area contributed by atoms with E-state index in [1.807, 2.05) is 6.92 Å². The van der Waals surface area contributed by atoms with Crippen molar-refractivity contribution in [3.8, 4) is 0 Å². The monoisotopic (exact) mass is 194 g/mol. The van der Waals surface area contributed by atoms with E-state index in [-0.39, 0.29) is 12.0 Å². The van der Waals surface area contributed by atoms with Gasteiger partial charge in [0.15, 0.2) is 0 Å². The summed E-state index contributed by atoms with van der Waals surface area (Å²) in [6, 6.07) is 0. The first kappa shape index (κ1) is 9.91. The molecule has 14 heavy (non-hydrogen) atoms. The number of hydrogen-bond acceptors (Lipinski definition) is 2. The second-order valence-corrected chi connectivity index (χ2v) is 4.31. The zero-order chi connectivity index (χ0) is 9.97. The molecule has 2 nitrogen and oxygen atoms in total. The number of carbonyl (C=O) groups is 1. The van der Waals surface area contributed by atoms with Gasteiger partial charge in [0.2, 0.25) is 0 Å². The first-order valence-corrected chi connectivity index (χ1v) is 5.58. The third-order valence-corrected chi connectivity index (χ3v) is 3.62. The van der Waals surface area contributed by atoms with Crippen LogP contribution in [-0.4, -0.2) is 19.0 Å². The fourth-order valence-electron chi connectivity index (χ4n) is 2.95. The standard InChI is InChI=1S/C12H18O2/c1-2-14-12-7-9-5-3-4-6-10(9)11(12)8-13/h3-4,8-12H,2,5-7H2,1H3/t9-,10-,11+,12-/m1/s1. The highest BCUT2D eigenvalue weighted by atomic mass is 16.5. The number of fused-ring (bicyclic) bond motifs is 1. The summed E-state index contributed by atoms with van der Waals surface area (Å²) in [5.74, 6) is 1.38. The van der Waals surface area contributed by atoms with Crippen LogP contribution in [0.15, 0.2) is 12.2 Å². The highest BCUT2D eigenvalue weighted by Crippen LogP contribution is 2.44. The van der Waals surface area contributed by atoms with Gasteiger partial charge in [-0.3, -0.25) is 0 Å². The number of ether oxygens (including phenoxy) is 1. The Balaban J connectivity index is 2.07. The summed E-state index contributed by atoms with van der Waals surface area (Å²) in [6.07, 6.45) is 9.04. The first-order valence-electron chi connectivity index (χ1n) is 5.58. The Hall–Kier alpha value is -0.630. The van der Waals surface area contributed by atoms with Gasteiger partial charge in [0.1, 0.15) is 6.29 Å². The van der Waals surface area contributed by atoms with Crippen LogP contribution in [-0.2, 0) is 9.53 Å². The number of rotatable bonds is 3. The van der Waals surface area contributed by atoms with E-state index in [9.17, 15) is 4.79 Å². The van der Waals surface area contributed by atoms with Crippen LogP contribution in [0.25, 0.3) is 0 Å². The Morgan fingerprint density at radius 1 is 1.43 bits per heavy atom. The maximum atomic E-state index is 11.0. The van der Waals surface area contributed by atoms with Crippen molar-refractivity contribution in [1.82, 2.24) is 0 Å². The molecule has 2 aliphatic rings. The van der Waals surface area contributed by atoms with Crippen LogP contribution in [0.4, 0.5) is 0 Å². The lowest BCUT2D eigenvalue weighted by Gasteiger charge is -2.23. The number of carbonyl (C=O) groups excluding carboxylic acids is 1. The zero-order valence-corrected chi connectivity index (χ0v) is 8.69. The largest absolute Gasteiger partial charge is 0.378 e. The Labute approximate surface area is 85.3 Å². The van der Waals surface area contributed by atoms with Crippen molar-refractivity contribution in [1.29, 1.82) is 0 Å². The SMILES string of the molecule is CCO[C@@H]1C[C@H]2CC=CC[C@H]2[C@@H]1C=O. The highest BCUT2D eigenvalue weighted by molar-refractivity contribution is 5.56. The summed E-state index contributed by atoms with van der Waals surface area (Å²) in [4.78, 5) is 11.0. The first-order chi connectivity index (χ1) is 6.86. The van der Waals surface area contributed by atoms with E-state index in [1.54, 1.807) is 0 Å². The van der Waals surface area contributed by atoms with E-state index >= 15 is 0 Å². The highest BCUT2D eigenvalue weighted by Gasteiger charge is 2.43. The Morgan fingerprint density at radius 2 is 2.21 bits per heavy atom. The maximum Gasteiger partial charge on any atom is 0.125 e. The fourth-order valence-corrected chi connectivity index (χ4v) is 2.95. The smallest absolute Gasteiger partial charge is 0.125 e.